The highest BCUT2D eigenvalue weighted by Gasteiger charge is 1.89. The molecule has 0 radical (unpaired) electrons. The molecule has 0 aromatic heterocycles. The highest BCUT2D eigenvalue weighted by Crippen LogP contribution is 1.97. The van der Waals surface area contributed by atoms with Crippen molar-refractivity contribution in [3.05, 3.63) is 0 Å². The van der Waals surface area contributed by atoms with Crippen molar-refractivity contribution in [3.8, 4) is 0 Å². The van der Waals surface area contributed by atoms with Crippen LogP contribution in [-0.4, -0.2) is 31.3 Å². The largest absolute Gasteiger partial charge is 0.326 e. The smallest absolute Gasteiger partial charge is 0.304 e. The summed E-state index contributed by atoms with van der Waals surface area (Å²) in [5, 5.41) is 0. The predicted octanol–water partition coefficient (Wildman–Crippen LogP) is 2.77. The monoisotopic (exact) mass is 235 g/mol. The van der Waals surface area contributed by atoms with Crippen LogP contribution in [0.5, 0.6) is 0 Å². The minimum atomic E-state index is -1.72. The Hall–Kier alpha value is 1.05. The molecule has 0 N–H and O–H groups in total. The number of nitrogens with zero attached hydrogens (tertiary/aromatic N) is 1. The zero-order valence-corrected chi connectivity index (χ0v) is 10.7. The van der Waals surface area contributed by atoms with Gasteiger partial charge in [-0.3, -0.25) is 0 Å². The Kier molecular flexibility index (Phi) is 14.6. The molecule has 0 amide bonds. The van der Waals surface area contributed by atoms with Gasteiger partial charge in [-0.2, -0.15) is 0 Å². The van der Waals surface area contributed by atoms with E-state index >= 15 is 0 Å². The van der Waals surface area contributed by atoms with Gasteiger partial charge in [0.15, 0.2) is 0 Å². The Morgan fingerprint density at radius 2 is 1.09 bits per heavy atom. The summed E-state index contributed by atoms with van der Waals surface area (Å²) in [7, 11) is 0. The summed E-state index contributed by atoms with van der Waals surface area (Å²) in [6, 6.07) is 0. The third-order valence-corrected chi connectivity index (χ3v) is 1.34. The lowest BCUT2D eigenvalue weighted by Gasteiger charge is -2.13. The van der Waals surface area contributed by atoms with E-state index in [-0.39, 0.29) is 0 Å². The molecular formula is C6H16Cl3NSi. The van der Waals surface area contributed by atoms with Gasteiger partial charge in [-0.15, -0.1) is 33.2 Å². The molecule has 0 bridgehead atoms. The molecule has 0 fully saturated rings. The van der Waals surface area contributed by atoms with E-state index in [1.165, 1.54) is 19.6 Å². The minimum absolute atomic E-state index is 1.19. The summed E-state index contributed by atoms with van der Waals surface area (Å²) in [5.41, 5.74) is 0. The summed E-state index contributed by atoms with van der Waals surface area (Å²) in [6.07, 6.45) is 0. The molecule has 0 aliphatic carbocycles. The molecule has 70 valence electrons. The zero-order valence-electron chi connectivity index (χ0n) is 7.28. The second kappa shape index (κ2) is 11.0. The van der Waals surface area contributed by atoms with Crippen molar-refractivity contribution in [3.63, 3.8) is 0 Å². The Morgan fingerprint density at radius 3 is 1.09 bits per heavy atom. The summed E-state index contributed by atoms with van der Waals surface area (Å²) >= 11 is 14.8. The molecule has 1 nitrogen and oxygen atoms in total. The first-order valence-electron chi connectivity index (χ1n) is 3.72. The van der Waals surface area contributed by atoms with Gasteiger partial charge in [-0.25, -0.2) is 0 Å². The second-order valence-electron chi connectivity index (χ2n) is 1.87. The topological polar surface area (TPSA) is 3.24 Å². The average Bonchev–Trinajstić information content (AvgIpc) is 1.90. The van der Waals surface area contributed by atoms with Crippen molar-refractivity contribution in [2.75, 3.05) is 19.6 Å². The Morgan fingerprint density at radius 1 is 0.909 bits per heavy atom. The van der Waals surface area contributed by atoms with Gasteiger partial charge >= 0.3 is 6.73 Å². The fourth-order valence-corrected chi connectivity index (χ4v) is 0.671. The van der Waals surface area contributed by atoms with Crippen LogP contribution in [-0.2, 0) is 0 Å². The molecule has 0 aromatic rings. The van der Waals surface area contributed by atoms with Crippen LogP contribution < -0.4 is 0 Å². The van der Waals surface area contributed by atoms with E-state index in [1.807, 2.05) is 0 Å². The zero-order chi connectivity index (χ0) is 9.28. The fourth-order valence-electron chi connectivity index (χ4n) is 0.671. The number of halogens is 3. The summed E-state index contributed by atoms with van der Waals surface area (Å²) in [6.45, 7) is 8.40. The third-order valence-electron chi connectivity index (χ3n) is 1.34. The van der Waals surface area contributed by atoms with Gasteiger partial charge < -0.3 is 4.90 Å². The van der Waals surface area contributed by atoms with Crippen molar-refractivity contribution in [2.24, 2.45) is 0 Å². The highest BCUT2D eigenvalue weighted by molar-refractivity contribution is 7.54. The molecular weight excluding hydrogens is 221 g/mol. The van der Waals surface area contributed by atoms with Crippen LogP contribution >= 0.6 is 33.2 Å². The van der Waals surface area contributed by atoms with E-state index in [2.05, 4.69) is 25.7 Å². The standard InChI is InChI=1S/C6H15N.Cl3HSi/c1-4-7(5-2)6-3;1-4(2)3/h4-6H2,1-3H3;4H. The lowest BCUT2D eigenvalue weighted by atomic mass is 10.5. The Balaban J connectivity index is 0. The van der Waals surface area contributed by atoms with E-state index < -0.39 is 6.73 Å². The molecule has 0 aliphatic rings. The van der Waals surface area contributed by atoms with Gasteiger partial charge in [-0.1, -0.05) is 20.8 Å². The molecule has 0 aromatic carbocycles. The van der Waals surface area contributed by atoms with E-state index in [9.17, 15) is 0 Å². The molecule has 0 saturated heterocycles. The van der Waals surface area contributed by atoms with Gasteiger partial charge in [0.2, 0.25) is 0 Å². The third kappa shape index (κ3) is 18.2. The van der Waals surface area contributed by atoms with Gasteiger partial charge in [-0.05, 0) is 19.6 Å². The number of rotatable bonds is 3. The van der Waals surface area contributed by atoms with Gasteiger partial charge in [0.05, 0.1) is 0 Å². The first-order valence-corrected chi connectivity index (χ1v) is 8.96. The second-order valence-corrected chi connectivity index (χ2v) is 8.30. The maximum atomic E-state index is 4.94. The van der Waals surface area contributed by atoms with Crippen molar-refractivity contribution < 1.29 is 0 Å². The molecule has 11 heavy (non-hydrogen) atoms. The highest BCUT2D eigenvalue weighted by atomic mass is 35.8. The molecule has 5 heteroatoms. The molecule has 0 aliphatic heterocycles. The summed E-state index contributed by atoms with van der Waals surface area (Å²) in [5.74, 6) is 0. The van der Waals surface area contributed by atoms with E-state index in [4.69, 9.17) is 33.2 Å². The van der Waals surface area contributed by atoms with E-state index in [0.29, 0.717) is 0 Å². The van der Waals surface area contributed by atoms with Crippen LogP contribution in [0.4, 0.5) is 0 Å². The normalized spacial score (nSPS) is 9.82. The lowest BCUT2D eigenvalue weighted by Crippen LogP contribution is -2.21. The van der Waals surface area contributed by atoms with Gasteiger partial charge in [0, 0.05) is 0 Å². The molecule has 0 rings (SSSR count). The summed E-state index contributed by atoms with van der Waals surface area (Å²) in [4.78, 5) is 2.38. The van der Waals surface area contributed by atoms with Crippen LogP contribution in [0.3, 0.4) is 0 Å². The van der Waals surface area contributed by atoms with E-state index in [1.54, 1.807) is 0 Å². The predicted molar refractivity (Wildman–Crippen MR) is 58.2 cm³/mol. The first-order chi connectivity index (χ1) is 5.08. The van der Waals surface area contributed by atoms with Crippen molar-refractivity contribution >= 4 is 40.0 Å². The van der Waals surface area contributed by atoms with Gasteiger partial charge in [0.25, 0.3) is 0 Å². The van der Waals surface area contributed by atoms with Crippen LogP contribution in [0.1, 0.15) is 20.8 Å². The van der Waals surface area contributed by atoms with Crippen LogP contribution in [0.25, 0.3) is 0 Å². The van der Waals surface area contributed by atoms with Gasteiger partial charge in [0.1, 0.15) is 0 Å². The maximum absolute atomic E-state index is 4.94. The molecule has 0 unspecified atom stereocenters. The molecule has 0 spiro atoms. The average molecular weight is 237 g/mol. The molecule has 0 heterocycles. The Bertz CT molecular complexity index is 60.6. The summed E-state index contributed by atoms with van der Waals surface area (Å²) < 4.78 is 0. The number of hydrogen-bond donors (Lipinski definition) is 0. The molecule has 0 saturated carbocycles. The minimum Gasteiger partial charge on any atom is -0.304 e. The number of hydrogen-bond acceptors (Lipinski definition) is 1. The lowest BCUT2D eigenvalue weighted by molar-refractivity contribution is 0.321. The van der Waals surface area contributed by atoms with Crippen LogP contribution in [0.15, 0.2) is 0 Å². The quantitative estimate of drug-likeness (QED) is 0.538. The van der Waals surface area contributed by atoms with Crippen molar-refractivity contribution in [1.29, 1.82) is 0 Å². The SMILES string of the molecule is CCN(CC)CC.Cl[SiH](Cl)Cl. The van der Waals surface area contributed by atoms with Crippen LogP contribution in [0, 0.1) is 0 Å². The van der Waals surface area contributed by atoms with E-state index in [0.717, 1.165) is 0 Å². The Labute approximate surface area is 85.3 Å². The van der Waals surface area contributed by atoms with Crippen LogP contribution in [0.2, 0.25) is 0 Å². The van der Waals surface area contributed by atoms with Crippen molar-refractivity contribution in [2.45, 2.75) is 20.8 Å². The van der Waals surface area contributed by atoms with Crippen molar-refractivity contribution in [1.82, 2.24) is 4.90 Å². The maximum Gasteiger partial charge on any atom is 0.326 e. The first kappa shape index (κ1) is 14.6. The molecule has 0 atom stereocenters. The fraction of sp³-hybridized carbons (Fsp3) is 1.00.